The summed E-state index contributed by atoms with van der Waals surface area (Å²) < 4.78 is 2.14. The van der Waals surface area contributed by atoms with Crippen LogP contribution in [0.3, 0.4) is 0 Å². The Bertz CT molecular complexity index is 585. The second-order valence-corrected chi connectivity index (χ2v) is 4.19. The maximum Gasteiger partial charge on any atom is 0.335 e. The molecule has 2 aromatic rings. The Hall–Kier alpha value is -1.81. The normalized spacial score (nSPS) is 11.0. The van der Waals surface area contributed by atoms with Gasteiger partial charge in [-0.15, -0.1) is 0 Å². The van der Waals surface area contributed by atoms with E-state index in [1.165, 1.54) is 0 Å². The van der Waals surface area contributed by atoms with Crippen molar-refractivity contribution in [2.24, 2.45) is 5.73 Å². The largest absolute Gasteiger partial charge is 0.478 e. The first-order chi connectivity index (χ1) is 8.06. The molecule has 1 aromatic carbocycles. The van der Waals surface area contributed by atoms with Crippen LogP contribution < -0.4 is 5.73 Å². The van der Waals surface area contributed by atoms with Crippen LogP contribution in [0.1, 0.15) is 21.6 Å². The molecule has 90 valence electrons. The topological polar surface area (TPSA) is 68.2 Å². The van der Waals surface area contributed by atoms with Crippen molar-refractivity contribution >= 4 is 16.9 Å². The fourth-order valence-electron chi connectivity index (χ4n) is 2.20. The van der Waals surface area contributed by atoms with Gasteiger partial charge in [-0.2, -0.15) is 0 Å². The van der Waals surface area contributed by atoms with Crippen molar-refractivity contribution in [3.05, 3.63) is 35.0 Å². The molecule has 0 atom stereocenters. The molecule has 0 radical (unpaired) electrons. The third kappa shape index (κ3) is 1.80. The van der Waals surface area contributed by atoms with Crippen LogP contribution in [-0.2, 0) is 6.54 Å². The average Bonchev–Trinajstić information content (AvgIpc) is 2.54. The van der Waals surface area contributed by atoms with Crippen LogP contribution in [-0.4, -0.2) is 22.2 Å². The summed E-state index contributed by atoms with van der Waals surface area (Å²) in [7, 11) is 0. The summed E-state index contributed by atoms with van der Waals surface area (Å²) in [5.41, 5.74) is 9.24. The Labute approximate surface area is 99.7 Å². The highest BCUT2D eigenvalue weighted by molar-refractivity contribution is 5.95. The Morgan fingerprint density at radius 1 is 1.41 bits per heavy atom. The van der Waals surface area contributed by atoms with Gasteiger partial charge in [0.1, 0.15) is 0 Å². The first-order valence-corrected chi connectivity index (χ1v) is 5.59. The van der Waals surface area contributed by atoms with Gasteiger partial charge in [0.15, 0.2) is 0 Å². The molecule has 0 spiro atoms. The molecule has 0 aliphatic carbocycles. The lowest BCUT2D eigenvalue weighted by atomic mass is 10.1. The van der Waals surface area contributed by atoms with E-state index in [-0.39, 0.29) is 0 Å². The second-order valence-electron chi connectivity index (χ2n) is 4.19. The van der Waals surface area contributed by atoms with E-state index in [0.29, 0.717) is 12.1 Å². The first kappa shape index (κ1) is 11.7. The van der Waals surface area contributed by atoms with E-state index < -0.39 is 5.97 Å². The van der Waals surface area contributed by atoms with Crippen LogP contribution in [0, 0.1) is 13.8 Å². The smallest absolute Gasteiger partial charge is 0.335 e. The predicted octanol–water partition coefficient (Wildman–Crippen LogP) is 1.92. The summed E-state index contributed by atoms with van der Waals surface area (Å²) in [6.45, 7) is 5.37. The van der Waals surface area contributed by atoms with Gasteiger partial charge in [-0.05, 0) is 37.6 Å². The molecule has 0 bridgehead atoms. The third-order valence-corrected chi connectivity index (χ3v) is 3.24. The molecular formula is C13H16N2O2. The fourth-order valence-corrected chi connectivity index (χ4v) is 2.20. The number of hydrogen-bond acceptors (Lipinski definition) is 2. The van der Waals surface area contributed by atoms with Crippen molar-refractivity contribution in [1.29, 1.82) is 0 Å². The summed E-state index contributed by atoms with van der Waals surface area (Å²) in [5.74, 6) is -0.893. The van der Waals surface area contributed by atoms with Crippen LogP contribution in [0.2, 0.25) is 0 Å². The van der Waals surface area contributed by atoms with E-state index in [0.717, 1.165) is 28.7 Å². The second kappa shape index (κ2) is 4.22. The van der Waals surface area contributed by atoms with Crippen molar-refractivity contribution in [2.45, 2.75) is 20.4 Å². The number of carboxylic acids is 1. The van der Waals surface area contributed by atoms with E-state index in [4.69, 9.17) is 10.8 Å². The van der Waals surface area contributed by atoms with E-state index in [9.17, 15) is 4.79 Å². The number of aryl methyl sites for hydroxylation is 1. The quantitative estimate of drug-likeness (QED) is 0.849. The van der Waals surface area contributed by atoms with Crippen LogP contribution in [0.25, 0.3) is 10.9 Å². The van der Waals surface area contributed by atoms with E-state index in [1.54, 1.807) is 12.1 Å². The van der Waals surface area contributed by atoms with Crippen LogP contribution in [0.5, 0.6) is 0 Å². The number of carbonyl (C=O) groups is 1. The van der Waals surface area contributed by atoms with Gasteiger partial charge in [-0.1, -0.05) is 0 Å². The molecule has 0 fully saturated rings. The number of aromatic carboxylic acids is 1. The van der Waals surface area contributed by atoms with Crippen LogP contribution in [0.4, 0.5) is 0 Å². The Morgan fingerprint density at radius 3 is 2.71 bits per heavy atom. The lowest BCUT2D eigenvalue weighted by molar-refractivity contribution is 0.0697. The van der Waals surface area contributed by atoms with Gasteiger partial charge in [0.25, 0.3) is 0 Å². The van der Waals surface area contributed by atoms with Gasteiger partial charge in [0.05, 0.1) is 5.56 Å². The maximum absolute atomic E-state index is 10.9. The van der Waals surface area contributed by atoms with Crippen LogP contribution in [0.15, 0.2) is 18.2 Å². The Morgan fingerprint density at radius 2 is 2.12 bits per heavy atom. The Balaban J connectivity index is 2.71. The highest BCUT2D eigenvalue weighted by Crippen LogP contribution is 2.26. The van der Waals surface area contributed by atoms with E-state index in [2.05, 4.69) is 4.57 Å². The van der Waals surface area contributed by atoms with Gasteiger partial charge in [0, 0.05) is 29.7 Å². The molecule has 2 rings (SSSR count). The molecule has 4 nitrogen and oxygen atoms in total. The minimum Gasteiger partial charge on any atom is -0.478 e. The molecule has 3 N–H and O–H groups in total. The lowest BCUT2D eigenvalue weighted by Crippen LogP contribution is -2.10. The molecule has 17 heavy (non-hydrogen) atoms. The summed E-state index contributed by atoms with van der Waals surface area (Å²) in [6, 6.07) is 5.22. The summed E-state index contributed by atoms with van der Waals surface area (Å²) in [5, 5.41) is 9.98. The minimum atomic E-state index is -0.893. The standard InChI is InChI=1S/C13H16N2O2/c1-8-9(2)15(6-5-14)12-4-3-10(13(16)17)7-11(8)12/h3-4,7H,5-6,14H2,1-2H3,(H,16,17). The molecule has 0 aliphatic rings. The highest BCUT2D eigenvalue weighted by Gasteiger charge is 2.12. The summed E-state index contributed by atoms with van der Waals surface area (Å²) in [6.07, 6.45) is 0. The molecule has 0 amide bonds. The van der Waals surface area contributed by atoms with Crippen molar-refractivity contribution in [3.63, 3.8) is 0 Å². The molecule has 1 heterocycles. The SMILES string of the molecule is Cc1c(C)n(CCN)c2ccc(C(=O)O)cc12. The lowest BCUT2D eigenvalue weighted by Gasteiger charge is -2.06. The number of fused-ring (bicyclic) bond motifs is 1. The summed E-state index contributed by atoms with van der Waals surface area (Å²) >= 11 is 0. The average molecular weight is 232 g/mol. The Kier molecular flexibility index (Phi) is 2.90. The first-order valence-electron chi connectivity index (χ1n) is 5.59. The fraction of sp³-hybridized carbons (Fsp3) is 0.308. The van der Waals surface area contributed by atoms with E-state index >= 15 is 0 Å². The predicted molar refractivity (Wildman–Crippen MR) is 67.4 cm³/mol. The number of carboxylic acid groups (broad SMARTS) is 1. The van der Waals surface area contributed by atoms with E-state index in [1.807, 2.05) is 19.9 Å². The molecule has 4 heteroatoms. The number of hydrogen-bond donors (Lipinski definition) is 2. The number of benzene rings is 1. The zero-order valence-electron chi connectivity index (χ0n) is 10.0. The number of nitrogens with two attached hydrogens (primary N) is 1. The van der Waals surface area contributed by atoms with Gasteiger partial charge >= 0.3 is 5.97 Å². The molecule has 0 saturated heterocycles. The van der Waals surface area contributed by atoms with Crippen molar-refractivity contribution in [1.82, 2.24) is 4.57 Å². The molecule has 1 aromatic heterocycles. The monoisotopic (exact) mass is 232 g/mol. The number of rotatable bonds is 3. The zero-order valence-corrected chi connectivity index (χ0v) is 10.0. The molecule has 0 aliphatic heterocycles. The highest BCUT2D eigenvalue weighted by atomic mass is 16.4. The van der Waals surface area contributed by atoms with Crippen molar-refractivity contribution in [3.8, 4) is 0 Å². The summed E-state index contributed by atoms with van der Waals surface area (Å²) in [4.78, 5) is 10.9. The molecule has 0 saturated carbocycles. The van der Waals surface area contributed by atoms with Crippen molar-refractivity contribution in [2.75, 3.05) is 6.54 Å². The number of nitrogens with zero attached hydrogens (tertiary/aromatic N) is 1. The zero-order chi connectivity index (χ0) is 12.6. The van der Waals surface area contributed by atoms with Crippen LogP contribution >= 0.6 is 0 Å². The van der Waals surface area contributed by atoms with Gasteiger partial charge < -0.3 is 15.4 Å². The maximum atomic E-state index is 10.9. The van der Waals surface area contributed by atoms with Crippen molar-refractivity contribution < 1.29 is 9.90 Å². The number of aromatic nitrogens is 1. The molecule has 0 unspecified atom stereocenters. The third-order valence-electron chi connectivity index (χ3n) is 3.24. The van der Waals surface area contributed by atoms with Gasteiger partial charge in [-0.3, -0.25) is 0 Å². The minimum absolute atomic E-state index is 0.325. The van der Waals surface area contributed by atoms with Gasteiger partial charge in [0.2, 0.25) is 0 Å². The van der Waals surface area contributed by atoms with Gasteiger partial charge in [-0.25, -0.2) is 4.79 Å². The molecular weight excluding hydrogens is 216 g/mol.